The number of hydrogen-bond acceptors (Lipinski definition) is 3. The molecule has 4 nitrogen and oxygen atoms in total. The van der Waals surface area contributed by atoms with Gasteiger partial charge in [0.1, 0.15) is 5.75 Å². The van der Waals surface area contributed by atoms with E-state index in [4.69, 9.17) is 16.3 Å². The standard InChI is InChI=1S/C22H27ClN2O2/c1-27-18-12-10-17(11-13-18)22(26)24-16-21(19-8-4-5-9-20(19)23)25-14-6-2-3-7-15-25/h4-5,8-13,21H,2-3,6-7,14-16H2,1H3,(H,24,26)/t21-/m1/s1. The zero-order valence-electron chi connectivity index (χ0n) is 15.8. The van der Waals surface area contributed by atoms with E-state index in [0.29, 0.717) is 12.1 Å². The smallest absolute Gasteiger partial charge is 0.251 e. The summed E-state index contributed by atoms with van der Waals surface area (Å²) in [4.78, 5) is 15.1. The van der Waals surface area contributed by atoms with Crippen molar-refractivity contribution < 1.29 is 9.53 Å². The zero-order chi connectivity index (χ0) is 19.1. The van der Waals surface area contributed by atoms with Gasteiger partial charge >= 0.3 is 0 Å². The number of nitrogens with zero attached hydrogens (tertiary/aromatic N) is 1. The number of benzene rings is 2. The van der Waals surface area contributed by atoms with Gasteiger partial charge in [0.05, 0.1) is 13.2 Å². The molecule has 1 aliphatic heterocycles. The van der Waals surface area contributed by atoms with Crippen LogP contribution in [0.25, 0.3) is 0 Å². The maximum Gasteiger partial charge on any atom is 0.251 e. The highest BCUT2D eigenvalue weighted by Crippen LogP contribution is 2.29. The van der Waals surface area contributed by atoms with Crippen LogP contribution in [0.15, 0.2) is 48.5 Å². The second-order valence-corrected chi connectivity index (χ2v) is 7.33. The van der Waals surface area contributed by atoms with E-state index < -0.39 is 0 Å². The van der Waals surface area contributed by atoms with Crippen LogP contribution in [-0.4, -0.2) is 37.6 Å². The maximum absolute atomic E-state index is 12.6. The molecule has 0 aromatic heterocycles. The van der Waals surface area contributed by atoms with Gasteiger partial charge in [0.2, 0.25) is 0 Å². The summed E-state index contributed by atoms with van der Waals surface area (Å²) in [5.41, 5.74) is 1.71. The summed E-state index contributed by atoms with van der Waals surface area (Å²) in [5, 5.41) is 3.85. The quantitative estimate of drug-likeness (QED) is 0.782. The third kappa shape index (κ3) is 5.24. The van der Waals surface area contributed by atoms with Crippen LogP contribution in [0.4, 0.5) is 0 Å². The Morgan fingerprint density at radius 1 is 1.07 bits per heavy atom. The molecule has 0 aliphatic carbocycles. The van der Waals surface area contributed by atoms with Crippen molar-refractivity contribution in [3.05, 3.63) is 64.7 Å². The van der Waals surface area contributed by atoms with E-state index in [0.717, 1.165) is 29.4 Å². The highest BCUT2D eigenvalue weighted by molar-refractivity contribution is 6.31. The molecule has 3 rings (SSSR count). The maximum atomic E-state index is 12.6. The molecule has 2 aromatic rings. The van der Waals surface area contributed by atoms with Crippen molar-refractivity contribution in [1.82, 2.24) is 10.2 Å². The van der Waals surface area contributed by atoms with Gasteiger partial charge in [-0.2, -0.15) is 0 Å². The average Bonchev–Trinajstić information content (AvgIpc) is 2.99. The fourth-order valence-corrected chi connectivity index (χ4v) is 3.88. The number of nitrogens with one attached hydrogen (secondary N) is 1. The number of hydrogen-bond donors (Lipinski definition) is 1. The Morgan fingerprint density at radius 3 is 2.37 bits per heavy atom. The van der Waals surface area contributed by atoms with E-state index in [-0.39, 0.29) is 11.9 Å². The summed E-state index contributed by atoms with van der Waals surface area (Å²) in [6.45, 7) is 2.61. The second-order valence-electron chi connectivity index (χ2n) is 6.93. The zero-order valence-corrected chi connectivity index (χ0v) is 16.5. The molecule has 5 heteroatoms. The molecule has 1 aliphatic rings. The molecule has 0 spiro atoms. The molecule has 2 aromatic carbocycles. The Kier molecular flexibility index (Phi) is 7.13. The average molecular weight is 387 g/mol. The number of rotatable bonds is 6. The molecule has 1 N–H and O–H groups in total. The summed E-state index contributed by atoms with van der Waals surface area (Å²) < 4.78 is 5.16. The van der Waals surface area contributed by atoms with Gasteiger partial charge in [0.15, 0.2) is 0 Å². The molecular formula is C22H27ClN2O2. The van der Waals surface area contributed by atoms with E-state index in [1.54, 1.807) is 31.4 Å². The summed E-state index contributed by atoms with van der Waals surface area (Å²) in [7, 11) is 1.62. The normalized spacial score (nSPS) is 16.4. The number of amides is 1. The van der Waals surface area contributed by atoms with Gasteiger partial charge in [-0.05, 0) is 61.8 Å². The molecule has 1 atom stereocenters. The molecule has 0 radical (unpaired) electrons. The van der Waals surface area contributed by atoms with E-state index in [1.807, 2.05) is 18.2 Å². The Balaban J connectivity index is 1.74. The number of carbonyl (C=O) groups is 1. The third-order valence-corrected chi connectivity index (χ3v) is 5.50. The molecule has 144 valence electrons. The van der Waals surface area contributed by atoms with Crippen molar-refractivity contribution in [3.8, 4) is 5.75 Å². The number of likely N-dealkylation sites (tertiary alicyclic amines) is 1. The molecular weight excluding hydrogens is 360 g/mol. The number of methoxy groups -OCH3 is 1. The molecule has 1 heterocycles. The first-order chi connectivity index (χ1) is 13.2. The summed E-state index contributed by atoms with van der Waals surface area (Å²) in [6.07, 6.45) is 4.91. The predicted octanol–water partition coefficient (Wildman–Crippen LogP) is 4.70. The minimum absolute atomic E-state index is 0.0791. The predicted molar refractivity (Wildman–Crippen MR) is 110 cm³/mol. The summed E-state index contributed by atoms with van der Waals surface area (Å²) in [5.74, 6) is 0.662. The van der Waals surface area contributed by atoms with Crippen LogP contribution in [0.5, 0.6) is 5.75 Å². The Morgan fingerprint density at radius 2 is 1.74 bits per heavy atom. The lowest BCUT2D eigenvalue weighted by atomic mass is 10.0. The molecule has 1 saturated heterocycles. The Hall–Kier alpha value is -2.04. The summed E-state index contributed by atoms with van der Waals surface area (Å²) in [6, 6.07) is 15.2. The Labute approximate surface area is 166 Å². The highest BCUT2D eigenvalue weighted by atomic mass is 35.5. The number of halogens is 1. The first kappa shape index (κ1) is 19.7. The molecule has 1 amide bonds. The molecule has 0 saturated carbocycles. The molecule has 27 heavy (non-hydrogen) atoms. The number of ether oxygens (including phenoxy) is 1. The monoisotopic (exact) mass is 386 g/mol. The van der Waals surface area contributed by atoms with Crippen LogP contribution in [0.2, 0.25) is 5.02 Å². The van der Waals surface area contributed by atoms with Crippen molar-refractivity contribution in [2.45, 2.75) is 31.7 Å². The van der Waals surface area contributed by atoms with Crippen molar-refractivity contribution >= 4 is 17.5 Å². The van der Waals surface area contributed by atoms with Crippen molar-refractivity contribution in [3.63, 3.8) is 0 Å². The lowest BCUT2D eigenvalue weighted by molar-refractivity contribution is 0.0933. The van der Waals surface area contributed by atoms with Gasteiger partial charge < -0.3 is 10.1 Å². The van der Waals surface area contributed by atoms with Gasteiger partial charge in [0, 0.05) is 17.1 Å². The summed E-state index contributed by atoms with van der Waals surface area (Å²) >= 11 is 6.49. The second kappa shape index (κ2) is 9.77. The highest BCUT2D eigenvalue weighted by Gasteiger charge is 2.24. The van der Waals surface area contributed by atoms with Gasteiger partial charge in [-0.3, -0.25) is 9.69 Å². The van der Waals surface area contributed by atoms with Crippen LogP contribution in [0.3, 0.4) is 0 Å². The lowest BCUT2D eigenvalue weighted by Crippen LogP contribution is -2.38. The van der Waals surface area contributed by atoms with Gasteiger partial charge in [-0.25, -0.2) is 0 Å². The minimum Gasteiger partial charge on any atom is -0.497 e. The van der Waals surface area contributed by atoms with Crippen molar-refractivity contribution in [2.75, 3.05) is 26.7 Å². The van der Waals surface area contributed by atoms with Crippen LogP contribution >= 0.6 is 11.6 Å². The first-order valence-electron chi connectivity index (χ1n) is 9.60. The molecule has 1 fully saturated rings. The van der Waals surface area contributed by atoms with Crippen LogP contribution in [-0.2, 0) is 0 Å². The largest absolute Gasteiger partial charge is 0.497 e. The third-order valence-electron chi connectivity index (χ3n) is 5.15. The van der Waals surface area contributed by atoms with Crippen LogP contribution in [0.1, 0.15) is 47.6 Å². The molecule has 0 bridgehead atoms. The fraction of sp³-hybridized carbons (Fsp3) is 0.409. The first-order valence-corrected chi connectivity index (χ1v) is 9.97. The van der Waals surface area contributed by atoms with Crippen molar-refractivity contribution in [2.24, 2.45) is 0 Å². The topological polar surface area (TPSA) is 41.6 Å². The fourth-order valence-electron chi connectivity index (χ4n) is 3.62. The Bertz CT molecular complexity index is 740. The van der Waals surface area contributed by atoms with E-state index in [1.165, 1.54) is 25.7 Å². The molecule has 0 unspecified atom stereocenters. The van der Waals surface area contributed by atoms with E-state index in [2.05, 4.69) is 16.3 Å². The minimum atomic E-state index is -0.0791. The van der Waals surface area contributed by atoms with E-state index >= 15 is 0 Å². The SMILES string of the molecule is COc1ccc(C(=O)NC[C@H](c2ccccc2Cl)N2CCCCCC2)cc1. The van der Waals surface area contributed by atoms with E-state index in [9.17, 15) is 4.79 Å². The lowest BCUT2D eigenvalue weighted by Gasteiger charge is -2.31. The van der Waals surface area contributed by atoms with Gasteiger partial charge in [-0.1, -0.05) is 42.6 Å². The van der Waals surface area contributed by atoms with Gasteiger partial charge in [-0.15, -0.1) is 0 Å². The number of carbonyl (C=O) groups excluding carboxylic acids is 1. The van der Waals surface area contributed by atoms with Crippen molar-refractivity contribution in [1.29, 1.82) is 0 Å². The van der Waals surface area contributed by atoms with Crippen LogP contribution in [0, 0.1) is 0 Å². The van der Waals surface area contributed by atoms with Crippen LogP contribution < -0.4 is 10.1 Å². The van der Waals surface area contributed by atoms with Gasteiger partial charge in [0.25, 0.3) is 5.91 Å².